The van der Waals surface area contributed by atoms with Gasteiger partial charge in [0.1, 0.15) is 0 Å². The SMILES string of the molecule is CC(C)OC(=O)NS(O)(O)C(C)C. The predicted octanol–water partition coefficient (Wildman–Crippen LogP) is 2.20. The Balaban J connectivity index is 4.05. The van der Waals surface area contributed by atoms with E-state index in [9.17, 15) is 13.9 Å². The molecule has 0 bridgehead atoms. The van der Waals surface area contributed by atoms with Crippen molar-refractivity contribution in [2.45, 2.75) is 39.0 Å². The van der Waals surface area contributed by atoms with Crippen molar-refractivity contribution in [3.8, 4) is 0 Å². The standard InChI is InChI=1S/C7H17NO4S/c1-5(2)12-7(9)8-13(10,11)6(3)4/h5-6,10-11H,1-4H3,(H,8,9). The van der Waals surface area contributed by atoms with Gasteiger partial charge in [-0.1, -0.05) is 0 Å². The van der Waals surface area contributed by atoms with Gasteiger partial charge in [0.05, 0.1) is 11.4 Å². The molecule has 0 aliphatic carbocycles. The molecule has 0 heterocycles. The van der Waals surface area contributed by atoms with Crippen molar-refractivity contribution in [2.24, 2.45) is 0 Å². The normalized spacial score (nSPS) is 13.2. The average Bonchev–Trinajstić information content (AvgIpc) is 1.82. The number of nitrogens with one attached hydrogen (secondary N) is 1. The summed E-state index contributed by atoms with van der Waals surface area (Å²) in [6.45, 7) is 6.57. The quantitative estimate of drug-likeness (QED) is 0.668. The Labute approximate surface area is 80.0 Å². The van der Waals surface area contributed by atoms with Crippen LogP contribution in [0.2, 0.25) is 0 Å². The van der Waals surface area contributed by atoms with Crippen LogP contribution < -0.4 is 4.72 Å². The highest BCUT2D eigenvalue weighted by molar-refractivity contribution is 8.23. The Morgan fingerprint density at radius 3 is 2.08 bits per heavy atom. The van der Waals surface area contributed by atoms with E-state index in [0.717, 1.165) is 0 Å². The van der Waals surface area contributed by atoms with Crippen molar-refractivity contribution >= 4 is 16.9 Å². The van der Waals surface area contributed by atoms with Crippen molar-refractivity contribution in [3.63, 3.8) is 0 Å². The Hall–Kier alpha value is -0.460. The maximum absolute atomic E-state index is 10.9. The molecule has 0 aromatic carbocycles. The van der Waals surface area contributed by atoms with Crippen molar-refractivity contribution < 1.29 is 18.6 Å². The molecule has 0 fully saturated rings. The van der Waals surface area contributed by atoms with Gasteiger partial charge in [-0.05, 0) is 27.7 Å². The fourth-order valence-electron chi connectivity index (χ4n) is 0.479. The molecule has 0 rings (SSSR count). The summed E-state index contributed by atoms with van der Waals surface area (Å²) in [6.07, 6.45) is -1.08. The molecule has 3 N–H and O–H groups in total. The van der Waals surface area contributed by atoms with Crippen LogP contribution in [0.5, 0.6) is 0 Å². The summed E-state index contributed by atoms with van der Waals surface area (Å²) in [6, 6.07) is 0. The lowest BCUT2D eigenvalue weighted by atomic mass is 10.5. The minimum absolute atomic E-state index is 0.276. The minimum Gasteiger partial charge on any atom is -0.446 e. The molecule has 0 atom stereocenters. The van der Waals surface area contributed by atoms with E-state index in [4.69, 9.17) is 0 Å². The molecule has 0 unspecified atom stereocenters. The molecular weight excluding hydrogens is 194 g/mol. The number of hydrogen-bond donors (Lipinski definition) is 3. The second-order valence-corrected chi connectivity index (χ2v) is 5.53. The van der Waals surface area contributed by atoms with Crippen LogP contribution in [0.3, 0.4) is 0 Å². The van der Waals surface area contributed by atoms with E-state index in [1.54, 1.807) is 27.7 Å². The molecule has 1 amide bonds. The monoisotopic (exact) mass is 211 g/mol. The molecule has 0 spiro atoms. The average molecular weight is 211 g/mol. The lowest BCUT2D eigenvalue weighted by molar-refractivity contribution is 0.120. The number of rotatable bonds is 3. The summed E-state index contributed by atoms with van der Waals surface area (Å²) < 4.78 is 25.3. The molecule has 0 aliphatic heterocycles. The number of hydrogen-bond acceptors (Lipinski definition) is 4. The first-order valence-corrected chi connectivity index (χ1v) is 5.62. The van der Waals surface area contributed by atoms with Crippen LogP contribution in [0, 0.1) is 0 Å². The third-order valence-electron chi connectivity index (χ3n) is 1.23. The molecule has 5 nitrogen and oxygen atoms in total. The highest BCUT2D eigenvalue weighted by atomic mass is 32.3. The zero-order valence-electron chi connectivity index (χ0n) is 8.27. The van der Waals surface area contributed by atoms with E-state index in [1.807, 2.05) is 4.72 Å². The van der Waals surface area contributed by atoms with Gasteiger partial charge in [-0.25, -0.2) is 9.52 Å². The maximum Gasteiger partial charge on any atom is 0.425 e. The van der Waals surface area contributed by atoms with Gasteiger partial charge >= 0.3 is 6.09 Å². The van der Waals surface area contributed by atoms with Crippen molar-refractivity contribution in [3.05, 3.63) is 0 Å². The van der Waals surface area contributed by atoms with Crippen molar-refractivity contribution in [2.75, 3.05) is 0 Å². The van der Waals surface area contributed by atoms with Crippen LogP contribution in [0.25, 0.3) is 0 Å². The Kier molecular flexibility index (Phi) is 4.52. The lowest BCUT2D eigenvalue weighted by Gasteiger charge is -2.35. The summed E-state index contributed by atoms with van der Waals surface area (Å²) >= 11 is 0. The Morgan fingerprint density at radius 1 is 1.31 bits per heavy atom. The van der Waals surface area contributed by atoms with E-state index in [1.165, 1.54) is 0 Å². The summed E-state index contributed by atoms with van der Waals surface area (Å²) in [7, 11) is -3.07. The molecule has 0 aromatic rings. The lowest BCUT2D eigenvalue weighted by Crippen LogP contribution is -2.33. The molecule has 80 valence electrons. The third-order valence-corrected chi connectivity index (χ3v) is 3.02. The van der Waals surface area contributed by atoms with Gasteiger partial charge in [0.15, 0.2) is 0 Å². The molecule has 0 saturated heterocycles. The van der Waals surface area contributed by atoms with Gasteiger partial charge in [-0.2, -0.15) is 0 Å². The topological polar surface area (TPSA) is 78.8 Å². The second-order valence-electron chi connectivity index (χ2n) is 3.20. The summed E-state index contributed by atoms with van der Waals surface area (Å²) in [5.41, 5.74) is 0. The van der Waals surface area contributed by atoms with E-state index in [2.05, 4.69) is 4.74 Å². The summed E-state index contributed by atoms with van der Waals surface area (Å²) in [5.74, 6) is 0. The summed E-state index contributed by atoms with van der Waals surface area (Å²) in [4.78, 5) is 10.9. The van der Waals surface area contributed by atoms with E-state index >= 15 is 0 Å². The largest absolute Gasteiger partial charge is 0.446 e. The van der Waals surface area contributed by atoms with Crippen LogP contribution in [-0.4, -0.2) is 26.6 Å². The smallest absolute Gasteiger partial charge is 0.425 e. The second kappa shape index (κ2) is 4.69. The molecule has 0 aromatic heterocycles. The van der Waals surface area contributed by atoms with Gasteiger partial charge in [-0.3, -0.25) is 9.11 Å². The Morgan fingerprint density at radius 2 is 1.77 bits per heavy atom. The van der Waals surface area contributed by atoms with Crippen LogP contribution in [-0.2, 0) is 4.74 Å². The first kappa shape index (κ1) is 12.5. The van der Waals surface area contributed by atoms with E-state index < -0.39 is 22.1 Å². The Bertz CT molecular complexity index is 181. The maximum atomic E-state index is 10.9. The van der Waals surface area contributed by atoms with Crippen LogP contribution in [0.15, 0.2) is 0 Å². The molecule has 0 saturated carbocycles. The highest BCUT2D eigenvalue weighted by Crippen LogP contribution is 2.38. The number of ether oxygens (including phenoxy) is 1. The summed E-state index contributed by atoms with van der Waals surface area (Å²) in [5, 5.41) is -0.424. The molecular formula is C7H17NO4S. The van der Waals surface area contributed by atoms with Crippen LogP contribution in [0.4, 0.5) is 4.79 Å². The van der Waals surface area contributed by atoms with Gasteiger partial charge in [0.2, 0.25) is 0 Å². The molecule has 0 radical (unpaired) electrons. The van der Waals surface area contributed by atoms with Gasteiger partial charge < -0.3 is 4.74 Å². The number of carbonyl (C=O) groups is 1. The van der Waals surface area contributed by atoms with Gasteiger partial charge in [0, 0.05) is 0 Å². The molecule has 6 heteroatoms. The van der Waals surface area contributed by atoms with Gasteiger partial charge in [0.25, 0.3) is 0 Å². The predicted molar refractivity (Wildman–Crippen MR) is 52.7 cm³/mol. The van der Waals surface area contributed by atoms with Crippen molar-refractivity contribution in [1.29, 1.82) is 0 Å². The molecule has 13 heavy (non-hydrogen) atoms. The number of carbonyl (C=O) groups excluding carboxylic acids is 1. The van der Waals surface area contributed by atoms with Crippen molar-refractivity contribution in [1.82, 2.24) is 4.72 Å². The molecule has 0 aliphatic rings. The minimum atomic E-state index is -3.07. The zero-order valence-corrected chi connectivity index (χ0v) is 9.09. The first-order valence-electron chi connectivity index (χ1n) is 4.01. The first-order chi connectivity index (χ1) is 5.75. The zero-order chi connectivity index (χ0) is 10.6. The highest BCUT2D eigenvalue weighted by Gasteiger charge is 2.20. The van der Waals surface area contributed by atoms with Crippen LogP contribution >= 0.6 is 10.8 Å². The third kappa shape index (κ3) is 4.97. The van der Waals surface area contributed by atoms with E-state index in [-0.39, 0.29) is 6.10 Å². The fourth-order valence-corrected chi connectivity index (χ4v) is 1.01. The van der Waals surface area contributed by atoms with E-state index in [0.29, 0.717) is 0 Å². The van der Waals surface area contributed by atoms with Gasteiger partial charge in [-0.15, -0.1) is 10.8 Å². The van der Waals surface area contributed by atoms with Crippen LogP contribution in [0.1, 0.15) is 27.7 Å². The number of amides is 1. The fraction of sp³-hybridized carbons (Fsp3) is 0.857.